The van der Waals surface area contributed by atoms with Crippen LogP contribution in [0.1, 0.15) is 45.1 Å². The molecule has 3 heterocycles. The highest BCUT2D eigenvalue weighted by molar-refractivity contribution is 7.99. The van der Waals surface area contributed by atoms with Gasteiger partial charge in [0.25, 0.3) is 11.1 Å². The number of carbonyl (C=O) groups is 2. The quantitative estimate of drug-likeness (QED) is 0.487. The number of nitrogens with one attached hydrogen (secondary N) is 1. The van der Waals surface area contributed by atoms with E-state index < -0.39 is 0 Å². The van der Waals surface area contributed by atoms with Crippen LogP contribution in [0.15, 0.2) is 52.2 Å². The van der Waals surface area contributed by atoms with Crippen molar-refractivity contribution >= 4 is 23.5 Å². The summed E-state index contributed by atoms with van der Waals surface area (Å²) in [5, 5.41) is 8.38. The van der Waals surface area contributed by atoms with Gasteiger partial charge in [0.1, 0.15) is 5.69 Å². The summed E-state index contributed by atoms with van der Waals surface area (Å²) in [7, 11) is 0. The lowest BCUT2D eigenvalue weighted by Gasteiger charge is -2.13. The van der Waals surface area contributed by atoms with Crippen LogP contribution >= 0.6 is 11.8 Å². The molecule has 0 aliphatic carbocycles. The maximum Gasteiger partial charge on any atom is 0.277 e. The fourth-order valence-corrected chi connectivity index (χ4v) is 3.79. The maximum absolute atomic E-state index is 12.4. The SMILES string of the molecule is O=C(CSc1nnc(Cc2ccccc2)o1)c1c[nH]c(C(=O)N2CCCC2)c1. The number of aromatic amines is 1. The Kier molecular flexibility index (Phi) is 5.57. The third-order valence-corrected chi connectivity index (χ3v) is 5.42. The van der Waals surface area contributed by atoms with Gasteiger partial charge in [-0.3, -0.25) is 9.59 Å². The zero-order chi connectivity index (χ0) is 19.3. The van der Waals surface area contributed by atoms with Crippen LogP contribution in [-0.4, -0.2) is 50.6 Å². The molecule has 1 aliphatic rings. The second kappa shape index (κ2) is 8.43. The minimum absolute atomic E-state index is 0.0494. The zero-order valence-electron chi connectivity index (χ0n) is 15.3. The van der Waals surface area contributed by atoms with Crippen molar-refractivity contribution in [1.82, 2.24) is 20.1 Å². The largest absolute Gasteiger partial charge is 0.416 e. The molecule has 1 N–H and O–H groups in total. The van der Waals surface area contributed by atoms with Gasteiger partial charge >= 0.3 is 0 Å². The van der Waals surface area contributed by atoms with Gasteiger partial charge < -0.3 is 14.3 Å². The summed E-state index contributed by atoms with van der Waals surface area (Å²) >= 11 is 1.20. The Hall–Kier alpha value is -2.87. The second-order valence-corrected chi connectivity index (χ2v) is 7.56. The van der Waals surface area contributed by atoms with E-state index in [4.69, 9.17) is 4.42 Å². The molecule has 0 spiro atoms. The summed E-state index contributed by atoms with van der Waals surface area (Å²) in [5.74, 6) is 0.541. The normalized spacial score (nSPS) is 13.8. The number of rotatable bonds is 7. The van der Waals surface area contributed by atoms with E-state index >= 15 is 0 Å². The summed E-state index contributed by atoms with van der Waals surface area (Å²) in [4.78, 5) is 29.5. The fourth-order valence-electron chi connectivity index (χ4n) is 3.12. The number of thioether (sulfide) groups is 1. The average molecular weight is 396 g/mol. The number of nitrogens with zero attached hydrogens (tertiary/aromatic N) is 3. The van der Waals surface area contributed by atoms with Crippen molar-refractivity contribution in [3.8, 4) is 0 Å². The molecule has 1 fully saturated rings. The number of hydrogen-bond acceptors (Lipinski definition) is 6. The molecule has 0 bridgehead atoms. The molecule has 144 valence electrons. The smallest absolute Gasteiger partial charge is 0.277 e. The number of H-pyrrole nitrogens is 1. The molecule has 7 nitrogen and oxygen atoms in total. The molecular weight excluding hydrogens is 376 g/mol. The molecule has 28 heavy (non-hydrogen) atoms. The summed E-state index contributed by atoms with van der Waals surface area (Å²) in [6, 6.07) is 11.5. The zero-order valence-corrected chi connectivity index (χ0v) is 16.1. The lowest BCUT2D eigenvalue weighted by molar-refractivity contribution is 0.0787. The molecule has 3 aromatic rings. The topological polar surface area (TPSA) is 92.1 Å². The van der Waals surface area contributed by atoms with E-state index in [0.29, 0.717) is 28.8 Å². The van der Waals surface area contributed by atoms with Crippen LogP contribution in [0.4, 0.5) is 0 Å². The van der Waals surface area contributed by atoms with E-state index in [1.54, 1.807) is 12.3 Å². The van der Waals surface area contributed by atoms with Crippen LogP contribution in [0, 0.1) is 0 Å². The molecule has 1 saturated heterocycles. The Morgan fingerprint density at radius 3 is 2.71 bits per heavy atom. The number of benzene rings is 1. The van der Waals surface area contributed by atoms with Gasteiger partial charge in [0.15, 0.2) is 5.78 Å². The Morgan fingerprint density at radius 1 is 1.14 bits per heavy atom. The minimum Gasteiger partial charge on any atom is -0.416 e. The van der Waals surface area contributed by atoms with Crippen molar-refractivity contribution < 1.29 is 14.0 Å². The molecule has 1 aromatic carbocycles. The number of likely N-dealkylation sites (tertiary alicyclic amines) is 1. The van der Waals surface area contributed by atoms with E-state index in [9.17, 15) is 9.59 Å². The Morgan fingerprint density at radius 2 is 1.93 bits per heavy atom. The second-order valence-electron chi connectivity index (χ2n) is 6.64. The summed E-state index contributed by atoms with van der Waals surface area (Å²) in [6.07, 6.45) is 4.21. The Labute approximate surface area is 166 Å². The number of amides is 1. The van der Waals surface area contributed by atoms with E-state index in [0.717, 1.165) is 31.5 Å². The van der Waals surface area contributed by atoms with Crippen LogP contribution in [-0.2, 0) is 6.42 Å². The predicted octanol–water partition coefficient (Wildman–Crippen LogP) is 3.20. The number of ketones is 1. The van der Waals surface area contributed by atoms with Crippen LogP contribution in [0.25, 0.3) is 0 Å². The first kappa shape index (κ1) is 18.5. The van der Waals surface area contributed by atoms with Gasteiger partial charge in [-0.25, -0.2) is 0 Å². The van der Waals surface area contributed by atoms with Crippen molar-refractivity contribution in [2.75, 3.05) is 18.8 Å². The molecule has 0 atom stereocenters. The molecule has 0 radical (unpaired) electrons. The van der Waals surface area contributed by atoms with Crippen LogP contribution in [0.5, 0.6) is 0 Å². The van der Waals surface area contributed by atoms with E-state index in [-0.39, 0.29) is 17.4 Å². The molecule has 8 heteroatoms. The van der Waals surface area contributed by atoms with E-state index in [1.165, 1.54) is 11.8 Å². The highest BCUT2D eigenvalue weighted by Crippen LogP contribution is 2.20. The number of aromatic nitrogens is 3. The van der Waals surface area contributed by atoms with Gasteiger partial charge in [0, 0.05) is 24.8 Å². The first-order valence-electron chi connectivity index (χ1n) is 9.19. The first-order chi connectivity index (χ1) is 13.7. The highest BCUT2D eigenvalue weighted by Gasteiger charge is 2.22. The number of Topliss-reactive ketones (excluding diaryl/α,β-unsaturated/α-hetero) is 1. The first-order valence-corrected chi connectivity index (χ1v) is 10.2. The van der Waals surface area contributed by atoms with Crippen molar-refractivity contribution in [1.29, 1.82) is 0 Å². The van der Waals surface area contributed by atoms with Gasteiger partial charge in [-0.2, -0.15) is 0 Å². The summed E-state index contributed by atoms with van der Waals surface area (Å²) in [5.41, 5.74) is 2.03. The molecule has 0 saturated carbocycles. The molecule has 4 rings (SSSR count). The highest BCUT2D eigenvalue weighted by atomic mass is 32.2. The van der Waals surface area contributed by atoms with Crippen molar-refractivity contribution in [2.24, 2.45) is 0 Å². The molecular formula is C20H20N4O3S. The van der Waals surface area contributed by atoms with Gasteiger partial charge in [0.2, 0.25) is 5.89 Å². The van der Waals surface area contributed by atoms with Gasteiger partial charge in [-0.1, -0.05) is 42.1 Å². The van der Waals surface area contributed by atoms with E-state index in [1.807, 2.05) is 35.2 Å². The van der Waals surface area contributed by atoms with Gasteiger partial charge in [0.05, 0.1) is 12.2 Å². The van der Waals surface area contributed by atoms with Crippen LogP contribution in [0.2, 0.25) is 0 Å². The third kappa shape index (κ3) is 4.33. The maximum atomic E-state index is 12.4. The summed E-state index contributed by atoms with van der Waals surface area (Å²) in [6.45, 7) is 1.55. The monoisotopic (exact) mass is 396 g/mol. The molecule has 0 unspecified atom stereocenters. The minimum atomic E-state index is -0.0930. The number of hydrogen-bond donors (Lipinski definition) is 1. The van der Waals surface area contributed by atoms with Crippen molar-refractivity contribution in [3.63, 3.8) is 0 Å². The van der Waals surface area contributed by atoms with E-state index in [2.05, 4.69) is 15.2 Å². The standard InChI is InChI=1S/C20H20N4O3S/c25-17(15-11-16(21-12-15)19(26)24-8-4-5-9-24)13-28-20-23-22-18(27-20)10-14-6-2-1-3-7-14/h1-3,6-7,11-12,21H,4-5,8-10,13H2. The molecule has 1 aliphatic heterocycles. The van der Waals surface area contributed by atoms with Crippen molar-refractivity contribution in [2.45, 2.75) is 24.5 Å². The lowest BCUT2D eigenvalue weighted by atomic mass is 10.2. The van der Waals surface area contributed by atoms with Gasteiger partial charge in [-0.05, 0) is 24.5 Å². The van der Waals surface area contributed by atoms with Crippen LogP contribution in [0.3, 0.4) is 0 Å². The predicted molar refractivity (Wildman–Crippen MR) is 105 cm³/mol. The average Bonchev–Trinajstić information content (AvgIpc) is 3.48. The Bertz CT molecular complexity index is 961. The van der Waals surface area contributed by atoms with Gasteiger partial charge in [-0.15, -0.1) is 10.2 Å². The fraction of sp³-hybridized carbons (Fsp3) is 0.300. The third-order valence-electron chi connectivity index (χ3n) is 4.60. The lowest BCUT2D eigenvalue weighted by Crippen LogP contribution is -2.27. The Balaban J connectivity index is 1.32. The number of carbonyl (C=O) groups excluding carboxylic acids is 2. The molecule has 2 aromatic heterocycles. The molecule has 1 amide bonds. The van der Waals surface area contributed by atoms with Crippen LogP contribution < -0.4 is 0 Å². The van der Waals surface area contributed by atoms with Crippen molar-refractivity contribution in [3.05, 3.63) is 65.3 Å². The summed E-state index contributed by atoms with van der Waals surface area (Å²) < 4.78 is 5.60.